The SMILES string of the molecule is COC(=O)C(NC(C)(C)C)c1ccc(OC)c(OC)c1. The highest BCUT2D eigenvalue weighted by Crippen LogP contribution is 2.31. The molecule has 1 atom stereocenters. The largest absolute Gasteiger partial charge is 0.493 e. The molecule has 1 aromatic carbocycles. The summed E-state index contributed by atoms with van der Waals surface area (Å²) >= 11 is 0. The number of benzene rings is 1. The Hall–Kier alpha value is -1.75. The molecule has 0 aliphatic heterocycles. The van der Waals surface area contributed by atoms with Gasteiger partial charge in [-0.2, -0.15) is 0 Å². The first-order valence-electron chi connectivity index (χ1n) is 6.40. The van der Waals surface area contributed by atoms with Crippen LogP contribution in [0.3, 0.4) is 0 Å². The van der Waals surface area contributed by atoms with Gasteiger partial charge >= 0.3 is 5.97 Å². The highest BCUT2D eigenvalue weighted by atomic mass is 16.5. The van der Waals surface area contributed by atoms with Crippen molar-refractivity contribution in [2.24, 2.45) is 0 Å². The number of carbonyl (C=O) groups excluding carboxylic acids is 1. The molecule has 0 fully saturated rings. The Bertz CT molecular complexity index is 465. The summed E-state index contributed by atoms with van der Waals surface area (Å²) in [6, 6.07) is 4.81. The molecule has 0 aromatic heterocycles. The Balaban J connectivity index is 3.17. The van der Waals surface area contributed by atoms with E-state index in [9.17, 15) is 4.79 Å². The molecule has 20 heavy (non-hydrogen) atoms. The summed E-state index contributed by atoms with van der Waals surface area (Å²) < 4.78 is 15.3. The van der Waals surface area contributed by atoms with E-state index in [0.717, 1.165) is 5.56 Å². The molecule has 0 heterocycles. The number of rotatable bonds is 5. The first kappa shape index (κ1) is 16.3. The molecular weight excluding hydrogens is 258 g/mol. The Morgan fingerprint density at radius 3 is 2.15 bits per heavy atom. The zero-order chi connectivity index (χ0) is 15.3. The second-order valence-corrected chi connectivity index (χ2v) is 5.46. The zero-order valence-corrected chi connectivity index (χ0v) is 12.9. The molecule has 0 saturated carbocycles. The highest BCUT2D eigenvalue weighted by molar-refractivity contribution is 5.78. The van der Waals surface area contributed by atoms with Crippen molar-refractivity contribution in [2.75, 3.05) is 21.3 Å². The van der Waals surface area contributed by atoms with Crippen LogP contribution in [0.2, 0.25) is 0 Å². The standard InChI is InChI=1S/C15H23NO4/c1-15(2,3)16-13(14(17)20-6)10-7-8-11(18-4)12(9-10)19-5/h7-9,13,16H,1-6H3. The molecule has 1 aromatic rings. The van der Waals surface area contributed by atoms with Crippen molar-refractivity contribution in [3.8, 4) is 11.5 Å². The molecule has 0 aliphatic rings. The summed E-state index contributed by atoms with van der Waals surface area (Å²) in [4.78, 5) is 12.0. The number of ether oxygens (including phenoxy) is 3. The van der Waals surface area contributed by atoms with E-state index in [1.165, 1.54) is 7.11 Å². The smallest absolute Gasteiger partial charge is 0.327 e. The molecule has 0 spiro atoms. The first-order valence-corrected chi connectivity index (χ1v) is 6.40. The van der Waals surface area contributed by atoms with E-state index < -0.39 is 6.04 Å². The molecule has 112 valence electrons. The predicted octanol–water partition coefficient (Wildman–Crippen LogP) is 2.31. The van der Waals surface area contributed by atoms with Crippen molar-refractivity contribution in [1.29, 1.82) is 0 Å². The van der Waals surface area contributed by atoms with Crippen LogP contribution in [0.1, 0.15) is 32.4 Å². The number of nitrogens with one attached hydrogen (secondary N) is 1. The topological polar surface area (TPSA) is 56.8 Å². The van der Waals surface area contributed by atoms with Gasteiger partial charge in [0.05, 0.1) is 21.3 Å². The first-order chi connectivity index (χ1) is 9.32. The van der Waals surface area contributed by atoms with E-state index in [4.69, 9.17) is 14.2 Å². The lowest BCUT2D eigenvalue weighted by Crippen LogP contribution is -2.42. The minimum absolute atomic E-state index is 0.230. The van der Waals surface area contributed by atoms with Crippen molar-refractivity contribution in [2.45, 2.75) is 32.4 Å². The van der Waals surface area contributed by atoms with Crippen molar-refractivity contribution < 1.29 is 19.0 Å². The Labute approximate surface area is 120 Å². The second kappa shape index (κ2) is 6.61. The van der Waals surface area contributed by atoms with Crippen LogP contribution in [0, 0.1) is 0 Å². The van der Waals surface area contributed by atoms with Crippen molar-refractivity contribution >= 4 is 5.97 Å². The van der Waals surface area contributed by atoms with Crippen LogP contribution in [0.5, 0.6) is 11.5 Å². The fourth-order valence-electron chi connectivity index (χ4n) is 1.86. The molecule has 0 bridgehead atoms. The number of hydrogen-bond acceptors (Lipinski definition) is 5. The number of carbonyl (C=O) groups is 1. The lowest BCUT2D eigenvalue weighted by atomic mass is 10.0. The summed E-state index contributed by atoms with van der Waals surface area (Å²) in [7, 11) is 4.51. The molecule has 0 aliphatic carbocycles. The third-order valence-corrected chi connectivity index (χ3v) is 2.76. The molecular formula is C15H23NO4. The van der Waals surface area contributed by atoms with Gasteiger partial charge in [-0.05, 0) is 38.5 Å². The molecule has 1 N–H and O–H groups in total. The second-order valence-electron chi connectivity index (χ2n) is 5.46. The summed E-state index contributed by atoms with van der Waals surface area (Å²) in [6.45, 7) is 5.97. The molecule has 5 heteroatoms. The average Bonchev–Trinajstić information content (AvgIpc) is 2.42. The van der Waals surface area contributed by atoms with E-state index in [2.05, 4.69) is 5.32 Å². The van der Waals surface area contributed by atoms with Gasteiger partial charge in [0.2, 0.25) is 0 Å². The summed E-state index contributed by atoms with van der Waals surface area (Å²) in [5, 5.41) is 3.24. The van der Waals surface area contributed by atoms with E-state index >= 15 is 0 Å². The Kier molecular flexibility index (Phi) is 5.39. The maximum Gasteiger partial charge on any atom is 0.327 e. The summed E-state index contributed by atoms with van der Waals surface area (Å²) in [6.07, 6.45) is 0. The summed E-state index contributed by atoms with van der Waals surface area (Å²) in [5.74, 6) is 0.859. The van der Waals surface area contributed by atoms with Crippen LogP contribution >= 0.6 is 0 Å². The summed E-state index contributed by atoms with van der Waals surface area (Å²) in [5.41, 5.74) is 0.538. The monoisotopic (exact) mass is 281 g/mol. The van der Waals surface area contributed by atoms with E-state index in [-0.39, 0.29) is 11.5 Å². The maximum absolute atomic E-state index is 12.0. The van der Waals surface area contributed by atoms with Gasteiger partial charge in [0.15, 0.2) is 11.5 Å². The molecule has 0 amide bonds. The third kappa shape index (κ3) is 4.13. The number of methoxy groups -OCH3 is 3. The molecule has 0 saturated heterocycles. The Morgan fingerprint density at radius 2 is 1.70 bits per heavy atom. The van der Waals surface area contributed by atoms with Crippen LogP contribution in [-0.4, -0.2) is 32.8 Å². The van der Waals surface area contributed by atoms with Crippen molar-refractivity contribution in [3.05, 3.63) is 23.8 Å². The third-order valence-electron chi connectivity index (χ3n) is 2.76. The quantitative estimate of drug-likeness (QED) is 0.839. The van der Waals surface area contributed by atoms with E-state index in [1.807, 2.05) is 26.8 Å². The highest BCUT2D eigenvalue weighted by Gasteiger charge is 2.27. The van der Waals surface area contributed by atoms with Crippen LogP contribution in [0.15, 0.2) is 18.2 Å². The van der Waals surface area contributed by atoms with Gasteiger partial charge in [-0.25, -0.2) is 4.79 Å². The lowest BCUT2D eigenvalue weighted by molar-refractivity contribution is -0.143. The molecule has 5 nitrogen and oxygen atoms in total. The fourth-order valence-corrected chi connectivity index (χ4v) is 1.86. The number of hydrogen-bond donors (Lipinski definition) is 1. The van der Waals surface area contributed by atoms with Crippen molar-refractivity contribution in [3.63, 3.8) is 0 Å². The zero-order valence-electron chi connectivity index (χ0n) is 12.9. The van der Waals surface area contributed by atoms with Crippen LogP contribution in [0.4, 0.5) is 0 Å². The van der Waals surface area contributed by atoms with Crippen LogP contribution in [0.25, 0.3) is 0 Å². The van der Waals surface area contributed by atoms with Gasteiger partial charge in [0, 0.05) is 5.54 Å². The fraction of sp³-hybridized carbons (Fsp3) is 0.533. The van der Waals surface area contributed by atoms with Crippen molar-refractivity contribution in [1.82, 2.24) is 5.32 Å². The van der Waals surface area contributed by atoms with Gasteiger partial charge in [-0.3, -0.25) is 5.32 Å². The van der Waals surface area contributed by atoms with Gasteiger partial charge in [0.1, 0.15) is 6.04 Å². The minimum Gasteiger partial charge on any atom is -0.493 e. The van der Waals surface area contributed by atoms with Gasteiger partial charge in [-0.15, -0.1) is 0 Å². The van der Waals surface area contributed by atoms with Crippen LogP contribution < -0.4 is 14.8 Å². The predicted molar refractivity (Wildman–Crippen MR) is 77.2 cm³/mol. The average molecular weight is 281 g/mol. The molecule has 1 unspecified atom stereocenters. The minimum atomic E-state index is -0.556. The normalized spacial score (nSPS) is 12.7. The Morgan fingerprint density at radius 1 is 1.10 bits per heavy atom. The van der Waals surface area contributed by atoms with E-state index in [0.29, 0.717) is 11.5 Å². The maximum atomic E-state index is 12.0. The van der Waals surface area contributed by atoms with Gasteiger partial charge < -0.3 is 14.2 Å². The molecule has 1 rings (SSSR count). The van der Waals surface area contributed by atoms with Gasteiger partial charge in [-0.1, -0.05) is 6.07 Å². The van der Waals surface area contributed by atoms with Crippen LogP contribution in [-0.2, 0) is 9.53 Å². The van der Waals surface area contributed by atoms with E-state index in [1.54, 1.807) is 26.4 Å². The lowest BCUT2D eigenvalue weighted by Gasteiger charge is -2.27. The number of esters is 1. The molecule has 0 radical (unpaired) electrons. The van der Waals surface area contributed by atoms with Gasteiger partial charge in [0.25, 0.3) is 0 Å².